The van der Waals surface area contributed by atoms with E-state index in [0.717, 1.165) is 48.7 Å². The molecule has 1 aliphatic rings. The molecule has 0 radical (unpaired) electrons. The Morgan fingerprint density at radius 3 is 2.24 bits per heavy atom. The minimum Gasteiger partial charge on any atom is -0.444 e. The van der Waals surface area contributed by atoms with Gasteiger partial charge in [-0.05, 0) is 89.5 Å². The first-order valence-electron chi connectivity index (χ1n) is 14.3. The summed E-state index contributed by atoms with van der Waals surface area (Å²) < 4.78 is 33.3. The second-order valence-corrected chi connectivity index (χ2v) is 13.5. The van der Waals surface area contributed by atoms with E-state index in [9.17, 15) is 13.2 Å². The van der Waals surface area contributed by atoms with E-state index in [1.807, 2.05) is 64.1 Å². The number of aromatic nitrogens is 2. The third kappa shape index (κ3) is 9.29. The molecule has 3 aromatic rings. The molecular weight excluding hydrogens is 540 g/mol. The van der Waals surface area contributed by atoms with Crippen LogP contribution in [0.25, 0.3) is 10.9 Å². The van der Waals surface area contributed by atoms with Gasteiger partial charge in [0.25, 0.3) is 0 Å². The molecule has 4 rings (SSSR count). The lowest BCUT2D eigenvalue weighted by Crippen LogP contribution is -2.35. The van der Waals surface area contributed by atoms with Crippen LogP contribution in [0.2, 0.25) is 0 Å². The van der Waals surface area contributed by atoms with E-state index < -0.39 is 21.7 Å². The van der Waals surface area contributed by atoms with Crippen LogP contribution < -0.4 is 20.7 Å². The van der Waals surface area contributed by atoms with E-state index in [1.165, 1.54) is 0 Å². The second kappa shape index (κ2) is 13.5. The molecule has 1 saturated carbocycles. The largest absolute Gasteiger partial charge is 0.444 e. The lowest BCUT2D eigenvalue weighted by atomic mass is 9.82. The normalized spacial score (nSPS) is 17.7. The number of ether oxygens (including phenoxy) is 1. The van der Waals surface area contributed by atoms with Gasteiger partial charge in [-0.2, -0.15) is 4.98 Å². The van der Waals surface area contributed by atoms with E-state index in [-0.39, 0.29) is 0 Å². The number of benzene rings is 2. The molecule has 1 heterocycles. The Morgan fingerprint density at radius 1 is 0.902 bits per heavy atom. The van der Waals surface area contributed by atoms with Crippen LogP contribution in [0.4, 0.5) is 16.6 Å². The lowest BCUT2D eigenvalue weighted by molar-refractivity contribution is 0.0530. The molecule has 41 heavy (non-hydrogen) atoms. The van der Waals surface area contributed by atoms with Gasteiger partial charge in [0.1, 0.15) is 11.4 Å². The van der Waals surface area contributed by atoms with Crippen LogP contribution in [0.1, 0.15) is 52.0 Å². The van der Waals surface area contributed by atoms with Crippen LogP contribution in [-0.2, 0) is 14.8 Å². The number of hydrogen-bond acceptors (Lipinski definition) is 8. The Morgan fingerprint density at radius 2 is 1.56 bits per heavy atom. The molecule has 11 heteroatoms. The van der Waals surface area contributed by atoms with Crippen molar-refractivity contribution in [2.45, 2.75) is 63.9 Å². The monoisotopic (exact) mass is 582 g/mol. The predicted molar refractivity (Wildman–Crippen MR) is 163 cm³/mol. The summed E-state index contributed by atoms with van der Waals surface area (Å²) in [6.45, 7) is 9.51. The van der Waals surface area contributed by atoms with Gasteiger partial charge >= 0.3 is 6.09 Å². The molecule has 1 amide bonds. The van der Waals surface area contributed by atoms with Crippen molar-refractivity contribution in [3.8, 4) is 0 Å². The summed E-state index contributed by atoms with van der Waals surface area (Å²) in [4.78, 5) is 21.6. The Bertz CT molecular complexity index is 1420. The fourth-order valence-corrected chi connectivity index (χ4v) is 5.97. The highest BCUT2D eigenvalue weighted by Gasteiger charge is 2.24. The summed E-state index contributed by atoms with van der Waals surface area (Å²) in [5.41, 5.74) is 1.32. The van der Waals surface area contributed by atoms with Crippen molar-refractivity contribution in [1.29, 1.82) is 0 Å². The molecule has 0 spiro atoms. The van der Waals surface area contributed by atoms with Crippen LogP contribution in [0.5, 0.6) is 0 Å². The summed E-state index contributed by atoms with van der Waals surface area (Å²) in [7, 11) is -3.49. The maximum atomic E-state index is 12.6. The average molecular weight is 583 g/mol. The molecule has 10 nitrogen and oxygen atoms in total. The molecule has 4 N–H and O–H groups in total. The number of hydrogen-bond donors (Lipinski definition) is 4. The molecular formula is C30H42N6O4S. The third-order valence-electron chi connectivity index (χ3n) is 7.10. The Balaban J connectivity index is 1.25. The predicted octanol–water partition coefficient (Wildman–Crippen LogP) is 5.07. The average Bonchev–Trinajstić information content (AvgIpc) is 2.93. The molecule has 222 valence electrons. The summed E-state index contributed by atoms with van der Waals surface area (Å²) in [6.07, 6.45) is 3.52. The number of carbonyl (C=O) groups excluding carboxylic acids is 1. The highest BCUT2D eigenvalue weighted by molar-refractivity contribution is 7.89. The lowest BCUT2D eigenvalue weighted by Gasteiger charge is -2.28. The zero-order valence-electron chi connectivity index (χ0n) is 24.4. The van der Waals surface area contributed by atoms with Crippen LogP contribution in [-0.4, -0.2) is 56.3 Å². The summed E-state index contributed by atoms with van der Waals surface area (Å²) in [5.74, 6) is 2.05. The van der Waals surface area contributed by atoms with Gasteiger partial charge in [-0.3, -0.25) is 0 Å². The number of nitrogens with one attached hydrogen (secondary N) is 4. The van der Waals surface area contributed by atoms with E-state index in [2.05, 4.69) is 20.7 Å². The number of fused-ring (bicyclic) bond motifs is 1. The zero-order valence-corrected chi connectivity index (χ0v) is 25.2. The number of alkyl carbamates (subject to hydrolysis) is 1. The minimum atomic E-state index is -3.49. The Hall–Kier alpha value is -3.44. The van der Waals surface area contributed by atoms with Gasteiger partial charge in [0.05, 0.1) is 10.4 Å². The number of amides is 1. The number of nitrogens with zero attached hydrogens (tertiary/aromatic N) is 2. The fourth-order valence-electron chi connectivity index (χ4n) is 4.85. The van der Waals surface area contributed by atoms with Gasteiger partial charge in [0, 0.05) is 31.6 Å². The number of para-hydroxylation sites is 1. The van der Waals surface area contributed by atoms with E-state index >= 15 is 0 Å². The molecule has 0 bridgehead atoms. The first kappa shape index (κ1) is 30.5. The molecule has 2 aromatic carbocycles. The topological polar surface area (TPSA) is 134 Å². The number of aryl methyl sites for hydroxylation is 1. The van der Waals surface area contributed by atoms with Crippen molar-refractivity contribution in [3.63, 3.8) is 0 Å². The maximum Gasteiger partial charge on any atom is 0.407 e. The maximum absolute atomic E-state index is 12.6. The van der Waals surface area contributed by atoms with E-state index in [0.29, 0.717) is 48.1 Å². The smallest absolute Gasteiger partial charge is 0.407 e. The van der Waals surface area contributed by atoms with Crippen LogP contribution in [0.15, 0.2) is 53.4 Å². The molecule has 0 unspecified atom stereocenters. The minimum absolute atomic E-state index is 0.310. The first-order chi connectivity index (χ1) is 19.5. The quantitative estimate of drug-likeness (QED) is 0.230. The van der Waals surface area contributed by atoms with Crippen molar-refractivity contribution in [2.24, 2.45) is 11.8 Å². The van der Waals surface area contributed by atoms with Crippen LogP contribution >= 0.6 is 0 Å². The molecule has 0 saturated heterocycles. The summed E-state index contributed by atoms with van der Waals surface area (Å²) >= 11 is 0. The molecule has 0 atom stereocenters. The van der Waals surface area contributed by atoms with Gasteiger partial charge < -0.3 is 20.7 Å². The first-order valence-corrected chi connectivity index (χ1v) is 15.7. The number of anilines is 2. The highest BCUT2D eigenvalue weighted by atomic mass is 32.2. The Labute approximate surface area is 243 Å². The molecule has 1 aromatic heterocycles. The van der Waals surface area contributed by atoms with Crippen molar-refractivity contribution in [1.82, 2.24) is 20.0 Å². The molecule has 1 aliphatic carbocycles. The highest BCUT2D eigenvalue weighted by Crippen LogP contribution is 2.29. The van der Waals surface area contributed by atoms with Crippen molar-refractivity contribution in [2.75, 3.05) is 36.8 Å². The summed E-state index contributed by atoms with van der Waals surface area (Å²) in [6, 6.07) is 14.7. The third-order valence-corrected chi connectivity index (χ3v) is 8.54. The number of sulfonamides is 1. The summed E-state index contributed by atoms with van der Waals surface area (Å²) in [5, 5.41) is 10.4. The Kier molecular flexibility index (Phi) is 10.0. The molecule has 0 aliphatic heterocycles. The number of carbonyl (C=O) groups is 1. The zero-order chi connectivity index (χ0) is 29.5. The van der Waals surface area contributed by atoms with E-state index in [1.54, 1.807) is 12.1 Å². The fraction of sp³-hybridized carbons (Fsp3) is 0.500. The van der Waals surface area contributed by atoms with Gasteiger partial charge in [0.2, 0.25) is 16.0 Å². The van der Waals surface area contributed by atoms with Gasteiger partial charge in [-0.15, -0.1) is 0 Å². The van der Waals surface area contributed by atoms with E-state index in [4.69, 9.17) is 14.7 Å². The second-order valence-electron chi connectivity index (χ2n) is 11.7. The molecule has 1 fully saturated rings. The van der Waals surface area contributed by atoms with Gasteiger partial charge in [0.15, 0.2) is 0 Å². The van der Waals surface area contributed by atoms with Crippen LogP contribution in [0.3, 0.4) is 0 Å². The van der Waals surface area contributed by atoms with Gasteiger partial charge in [-0.25, -0.2) is 22.9 Å². The standard InChI is InChI=1S/C30H42N6O4S/c1-21-9-15-24(16-10-21)41(38,39)34-20-23-13-11-22(12-14-23)19-33-28-35-26-8-6-5-7-25(26)27(36-28)31-17-18-32-29(37)40-30(2,3)4/h5-10,15-16,22-23,34H,11-14,17-20H2,1-4H3,(H,32,37)(H2,31,33,35,36). The van der Waals surface area contributed by atoms with Crippen molar-refractivity contribution >= 4 is 38.8 Å². The van der Waals surface area contributed by atoms with Gasteiger partial charge in [-0.1, -0.05) is 29.8 Å². The van der Waals surface area contributed by atoms with Crippen molar-refractivity contribution in [3.05, 3.63) is 54.1 Å². The van der Waals surface area contributed by atoms with Crippen LogP contribution in [0, 0.1) is 18.8 Å². The number of rotatable bonds is 11. The SMILES string of the molecule is Cc1ccc(S(=O)(=O)NCC2CCC(CNc3nc(NCCNC(=O)OC(C)(C)C)c4ccccc4n3)CC2)cc1. The van der Waals surface area contributed by atoms with Crippen molar-refractivity contribution < 1.29 is 17.9 Å².